The van der Waals surface area contributed by atoms with Crippen LogP contribution in [0, 0.1) is 0 Å². The molecular formula is C24H26O9. The van der Waals surface area contributed by atoms with Crippen molar-refractivity contribution in [3.05, 3.63) is 59.7 Å². The van der Waals surface area contributed by atoms with Gasteiger partial charge in [-0.3, -0.25) is 9.59 Å². The van der Waals surface area contributed by atoms with Crippen LogP contribution in [0.3, 0.4) is 0 Å². The first-order valence-corrected chi connectivity index (χ1v) is 9.69. The predicted molar refractivity (Wildman–Crippen MR) is 120 cm³/mol. The second-order valence-corrected chi connectivity index (χ2v) is 7.17. The molecule has 176 valence electrons. The zero-order valence-corrected chi connectivity index (χ0v) is 18.6. The molecule has 2 rings (SSSR count). The Hall–Kier alpha value is -3.66. The fraction of sp³-hybridized carbons (Fsp3) is 0.250. The lowest BCUT2D eigenvalue weighted by Gasteiger charge is -2.35. The molecule has 2 aromatic carbocycles. The first kappa shape index (κ1) is 25.6. The molecule has 1 atom stereocenters. The van der Waals surface area contributed by atoms with Crippen LogP contribution in [0.4, 0.5) is 0 Å². The maximum absolute atomic E-state index is 12.8. The van der Waals surface area contributed by atoms with Crippen LogP contribution in [-0.2, 0) is 14.3 Å². The fourth-order valence-corrected chi connectivity index (χ4v) is 2.86. The molecule has 0 fully saturated rings. The van der Waals surface area contributed by atoms with Gasteiger partial charge in [-0.25, -0.2) is 0 Å². The summed E-state index contributed by atoms with van der Waals surface area (Å²) in [5.74, 6) is -5.14. The highest BCUT2D eigenvalue weighted by Crippen LogP contribution is 2.30. The number of carbonyl (C=O) groups excluding carboxylic acids is 2. The third-order valence-electron chi connectivity index (χ3n) is 5.15. The summed E-state index contributed by atoms with van der Waals surface area (Å²) >= 11 is 0. The molecule has 0 aromatic heterocycles. The summed E-state index contributed by atoms with van der Waals surface area (Å²) < 4.78 is 15.1. The van der Waals surface area contributed by atoms with Crippen LogP contribution < -0.4 is 9.47 Å². The van der Waals surface area contributed by atoms with Gasteiger partial charge in [0.15, 0.2) is 34.4 Å². The molecule has 0 saturated carbocycles. The van der Waals surface area contributed by atoms with E-state index in [1.807, 2.05) is 0 Å². The van der Waals surface area contributed by atoms with Crippen LogP contribution >= 0.6 is 0 Å². The van der Waals surface area contributed by atoms with E-state index in [0.29, 0.717) is 11.1 Å². The Morgan fingerprint density at radius 1 is 0.788 bits per heavy atom. The van der Waals surface area contributed by atoms with E-state index >= 15 is 0 Å². The number of carbonyl (C=O) groups is 2. The summed E-state index contributed by atoms with van der Waals surface area (Å²) in [6, 6.07) is 8.61. The topological polar surface area (TPSA) is 143 Å². The number of aromatic hydroxyl groups is 2. The first-order valence-electron chi connectivity index (χ1n) is 9.69. The van der Waals surface area contributed by atoms with E-state index < -0.39 is 23.0 Å². The van der Waals surface area contributed by atoms with Crippen LogP contribution in [0.5, 0.6) is 23.0 Å². The fourth-order valence-electron chi connectivity index (χ4n) is 2.86. The van der Waals surface area contributed by atoms with Crippen molar-refractivity contribution in [2.24, 2.45) is 0 Å². The quantitative estimate of drug-likeness (QED) is 0.311. The SMILES string of the molecule is COc1cc(C=CC(=O)C(O)(O)C(C)(OC)C(=O)C=Cc2ccc(O)c(OC)c2)ccc1O. The number of methoxy groups -OCH3 is 3. The van der Waals surface area contributed by atoms with Gasteiger partial charge in [0.2, 0.25) is 5.78 Å². The molecular weight excluding hydrogens is 432 g/mol. The smallest absolute Gasteiger partial charge is 0.265 e. The van der Waals surface area contributed by atoms with Gasteiger partial charge >= 0.3 is 0 Å². The van der Waals surface area contributed by atoms with Gasteiger partial charge in [0.05, 0.1) is 14.2 Å². The number of rotatable bonds is 10. The highest BCUT2D eigenvalue weighted by atomic mass is 16.6. The Morgan fingerprint density at radius 3 is 1.61 bits per heavy atom. The minimum Gasteiger partial charge on any atom is -0.504 e. The summed E-state index contributed by atoms with van der Waals surface area (Å²) in [5, 5.41) is 40.4. The van der Waals surface area contributed by atoms with Crippen molar-refractivity contribution in [1.29, 1.82) is 0 Å². The van der Waals surface area contributed by atoms with Gasteiger partial charge in [0.1, 0.15) is 0 Å². The van der Waals surface area contributed by atoms with Gasteiger partial charge in [-0.1, -0.05) is 24.3 Å². The Labute approximate surface area is 190 Å². The average molecular weight is 458 g/mol. The maximum Gasteiger partial charge on any atom is 0.265 e. The van der Waals surface area contributed by atoms with Crippen molar-refractivity contribution < 1.29 is 44.2 Å². The van der Waals surface area contributed by atoms with E-state index in [0.717, 1.165) is 26.2 Å². The van der Waals surface area contributed by atoms with E-state index in [-0.39, 0.29) is 23.0 Å². The van der Waals surface area contributed by atoms with Gasteiger partial charge in [-0.2, -0.15) is 0 Å². The van der Waals surface area contributed by atoms with Crippen molar-refractivity contribution >= 4 is 23.7 Å². The van der Waals surface area contributed by atoms with Crippen molar-refractivity contribution in [3.63, 3.8) is 0 Å². The normalized spacial score (nSPS) is 13.8. The molecule has 1 unspecified atom stereocenters. The van der Waals surface area contributed by atoms with Crippen molar-refractivity contribution in [1.82, 2.24) is 0 Å². The predicted octanol–water partition coefficient (Wildman–Crippen LogP) is 2.07. The van der Waals surface area contributed by atoms with E-state index in [4.69, 9.17) is 14.2 Å². The van der Waals surface area contributed by atoms with Gasteiger partial charge in [0, 0.05) is 7.11 Å². The van der Waals surface area contributed by atoms with Crippen molar-refractivity contribution in [2.75, 3.05) is 21.3 Å². The molecule has 9 heteroatoms. The summed E-state index contributed by atoms with van der Waals surface area (Å²) in [7, 11) is 3.80. The summed E-state index contributed by atoms with van der Waals surface area (Å²) in [4.78, 5) is 25.4. The second-order valence-electron chi connectivity index (χ2n) is 7.17. The Morgan fingerprint density at radius 2 is 1.21 bits per heavy atom. The van der Waals surface area contributed by atoms with Crippen molar-refractivity contribution in [2.45, 2.75) is 18.3 Å². The Bertz CT molecular complexity index is 1090. The van der Waals surface area contributed by atoms with Gasteiger partial charge in [0.25, 0.3) is 5.79 Å². The van der Waals surface area contributed by atoms with E-state index in [2.05, 4.69) is 0 Å². The third kappa shape index (κ3) is 5.40. The number of phenols is 2. The molecule has 0 heterocycles. The number of phenolic OH excluding ortho intramolecular Hbond substituents is 2. The van der Waals surface area contributed by atoms with Gasteiger partial charge in [-0.05, 0) is 54.5 Å². The molecule has 0 aliphatic carbocycles. The highest BCUT2D eigenvalue weighted by molar-refractivity contribution is 6.08. The van der Waals surface area contributed by atoms with Crippen LogP contribution in [0.15, 0.2) is 48.6 Å². The maximum atomic E-state index is 12.8. The van der Waals surface area contributed by atoms with Crippen LogP contribution in [0.1, 0.15) is 18.1 Å². The average Bonchev–Trinajstić information content (AvgIpc) is 2.81. The van der Waals surface area contributed by atoms with Gasteiger partial charge in [-0.15, -0.1) is 0 Å². The lowest BCUT2D eigenvalue weighted by Crippen LogP contribution is -2.62. The Balaban J connectivity index is 2.27. The Kier molecular flexibility index (Phi) is 7.99. The summed E-state index contributed by atoms with van der Waals surface area (Å²) in [6.07, 6.45) is 4.52. The molecule has 0 spiro atoms. The highest BCUT2D eigenvalue weighted by Gasteiger charge is 2.55. The number of benzene rings is 2. The van der Waals surface area contributed by atoms with Gasteiger partial charge < -0.3 is 34.6 Å². The monoisotopic (exact) mass is 458 g/mol. The number of hydrogen-bond acceptors (Lipinski definition) is 9. The van der Waals surface area contributed by atoms with Crippen LogP contribution in [0.25, 0.3) is 12.2 Å². The number of hydrogen-bond donors (Lipinski definition) is 4. The summed E-state index contributed by atoms with van der Waals surface area (Å²) in [5.41, 5.74) is -1.43. The van der Waals surface area contributed by atoms with E-state index in [9.17, 15) is 30.0 Å². The largest absolute Gasteiger partial charge is 0.504 e. The lowest BCUT2D eigenvalue weighted by molar-refractivity contribution is -0.248. The molecule has 0 bridgehead atoms. The minimum absolute atomic E-state index is 0.0870. The molecule has 4 N–H and O–H groups in total. The first-order chi connectivity index (χ1) is 15.5. The molecule has 0 aliphatic rings. The standard InChI is InChI=1S/C24H26O9/c1-23(33-4,21(27)11-7-15-5-9-17(25)19(13-15)31-2)24(29,30)22(28)12-8-16-6-10-18(26)20(14-16)32-3/h5-14,25-26,29-30H,1-4H3. The number of ketones is 2. The lowest BCUT2D eigenvalue weighted by atomic mass is 9.86. The minimum atomic E-state index is -3.20. The molecule has 33 heavy (non-hydrogen) atoms. The summed E-state index contributed by atoms with van der Waals surface area (Å²) in [6.45, 7) is 1.08. The molecule has 0 saturated heterocycles. The van der Waals surface area contributed by atoms with Crippen LogP contribution in [0.2, 0.25) is 0 Å². The number of ether oxygens (including phenoxy) is 3. The zero-order valence-electron chi connectivity index (χ0n) is 18.6. The van der Waals surface area contributed by atoms with Crippen LogP contribution in [-0.4, -0.2) is 64.7 Å². The molecule has 0 aliphatic heterocycles. The molecule has 0 amide bonds. The van der Waals surface area contributed by atoms with E-state index in [1.54, 1.807) is 0 Å². The zero-order chi connectivity index (χ0) is 24.8. The van der Waals surface area contributed by atoms with Crippen molar-refractivity contribution in [3.8, 4) is 23.0 Å². The molecule has 9 nitrogen and oxygen atoms in total. The second kappa shape index (κ2) is 10.3. The van der Waals surface area contributed by atoms with E-state index in [1.165, 1.54) is 62.8 Å². The molecule has 2 aromatic rings. The number of aliphatic hydroxyl groups is 2. The molecule has 0 radical (unpaired) electrons. The third-order valence-corrected chi connectivity index (χ3v) is 5.15.